The SMILES string of the molecule is C1CCOC1.CC1(NC(=O)O)CC1.c1cc(Nc2ncc(N3CCNCC3)c3nccn23)[nH]n1. The first-order valence-corrected chi connectivity index (χ1v) is 11.7. The summed E-state index contributed by atoms with van der Waals surface area (Å²) in [6, 6.07) is 1.86. The lowest BCUT2D eigenvalue weighted by molar-refractivity contribution is 0.189. The number of aromatic nitrogens is 5. The first-order chi connectivity index (χ1) is 16.5. The van der Waals surface area contributed by atoms with Gasteiger partial charge in [-0.15, -0.1) is 0 Å². The number of amides is 1. The fourth-order valence-corrected chi connectivity index (χ4v) is 3.65. The number of rotatable bonds is 4. The van der Waals surface area contributed by atoms with Crippen molar-refractivity contribution in [2.24, 2.45) is 0 Å². The number of fused-ring (bicyclic) bond motifs is 1. The third-order valence-corrected chi connectivity index (χ3v) is 5.85. The van der Waals surface area contributed by atoms with Gasteiger partial charge in [0.25, 0.3) is 0 Å². The zero-order valence-corrected chi connectivity index (χ0v) is 19.5. The van der Waals surface area contributed by atoms with Crippen molar-refractivity contribution in [3.05, 3.63) is 30.9 Å². The standard InChI is InChI=1S/C13H16N8.C5H9NO2.C4H8O/c1-2-17-19-11(1)18-13-16-9-10(12-15-5-8-21(12)13)20-6-3-14-4-7-20;1-5(2-3-5)6-4(7)8;1-2-4-5-3-1/h1-2,5,8-9,14H,3-4,6-7H2,(H2,16,17,18,19);6H,2-3H2,1H3,(H,7,8);1-4H2. The summed E-state index contributed by atoms with van der Waals surface area (Å²) in [7, 11) is 0. The normalized spacial score (nSPS) is 18.3. The summed E-state index contributed by atoms with van der Waals surface area (Å²) in [5, 5.41) is 23.9. The lowest BCUT2D eigenvalue weighted by atomic mass is 10.3. The molecule has 3 aliphatic rings. The summed E-state index contributed by atoms with van der Waals surface area (Å²) in [6.07, 6.45) is 10.9. The molecular weight excluding hydrogens is 438 g/mol. The van der Waals surface area contributed by atoms with Crippen molar-refractivity contribution >= 4 is 29.2 Å². The molecule has 0 spiro atoms. The van der Waals surface area contributed by atoms with Crippen LogP contribution < -0.4 is 20.9 Å². The number of carboxylic acid groups (broad SMARTS) is 1. The van der Waals surface area contributed by atoms with Crippen LogP contribution in [-0.4, -0.2) is 80.7 Å². The number of hydrogen-bond donors (Lipinski definition) is 5. The van der Waals surface area contributed by atoms with Crippen molar-refractivity contribution < 1.29 is 14.6 Å². The monoisotopic (exact) mass is 471 g/mol. The minimum Gasteiger partial charge on any atom is -0.465 e. The molecule has 0 aromatic carbocycles. The van der Waals surface area contributed by atoms with Crippen LogP contribution >= 0.6 is 0 Å². The van der Waals surface area contributed by atoms with Gasteiger partial charge in [0.2, 0.25) is 5.95 Å². The Labute approximate surface area is 198 Å². The minimum atomic E-state index is -0.912. The Morgan fingerprint density at radius 3 is 2.50 bits per heavy atom. The molecule has 1 saturated carbocycles. The van der Waals surface area contributed by atoms with E-state index in [4.69, 9.17) is 9.84 Å². The molecule has 12 heteroatoms. The average molecular weight is 472 g/mol. The lowest BCUT2D eigenvalue weighted by Crippen LogP contribution is -2.43. The molecule has 3 aromatic rings. The van der Waals surface area contributed by atoms with E-state index >= 15 is 0 Å². The van der Waals surface area contributed by atoms with Gasteiger partial charge in [0, 0.05) is 63.4 Å². The van der Waals surface area contributed by atoms with Crippen LogP contribution in [0.3, 0.4) is 0 Å². The summed E-state index contributed by atoms with van der Waals surface area (Å²) in [5.41, 5.74) is 1.90. The van der Waals surface area contributed by atoms with Gasteiger partial charge in [-0.3, -0.25) is 9.50 Å². The molecule has 6 rings (SSSR count). The molecule has 2 saturated heterocycles. The van der Waals surface area contributed by atoms with Crippen molar-refractivity contribution in [3.8, 4) is 0 Å². The van der Waals surface area contributed by atoms with E-state index in [1.165, 1.54) is 12.8 Å². The molecule has 0 bridgehead atoms. The minimum absolute atomic E-state index is 0.0775. The highest BCUT2D eigenvalue weighted by atomic mass is 16.5. The third-order valence-electron chi connectivity index (χ3n) is 5.85. The molecule has 0 radical (unpaired) electrons. The number of aromatic amines is 1. The molecule has 3 fully saturated rings. The zero-order valence-electron chi connectivity index (χ0n) is 19.5. The number of anilines is 3. The molecule has 1 aliphatic carbocycles. The van der Waals surface area contributed by atoms with E-state index in [2.05, 4.69) is 41.0 Å². The van der Waals surface area contributed by atoms with Crippen LogP contribution in [0.1, 0.15) is 32.6 Å². The van der Waals surface area contributed by atoms with Gasteiger partial charge >= 0.3 is 6.09 Å². The number of H-pyrrole nitrogens is 1. The fraction of sp³-hybridized carbons (Fsp3) is 0.545. The van der Waals surface area contributed by atoms with Crippen LogP contribution in [0, 0.1) is 0 Å². The summed E-state index contributed by atoms with van der Waals surface area (Å²) in [6.45, 7) is 7.82. The first kappa shape index (κ1) is 23.8. The first-order valence-electron chi connectivity index (χ1n) is 11.7. The van der Waals surface area contributed by atoms with E-state index in [1.807, 2.05) is 29.8 Å². The van der Waals surface area contributed by atoms with Gasteiger partial charge in [-0.2, -0.15) is 5.10 Å². The Kier molecular flexibility index (Phi) is 7.80. The highest BCUT2D eigenvalue weighted by Gasteiger charge is 2.38. The number of piperazine rings is 1. The van der Waals surface area contributed by atoms with Crippen LogP contribution in [0.5, 0.6) is 0 Å². The lowest BCUT2D eigenvalue weighted by Gasteiger charge is -2.29. The van der Waals surface area contributed by atoms with Gasteiger partial charge < -0.3 is 30.7 Å². The molecule has 5 N–H and O–H groups in total. The van der Waals surface area contributed by atoms with E-state index in [1.54, 1.807) is 12.4 Å². The van der Waals surface area contributed by atoms with Gasteiger partial charge in [-0.25, -0.2) is 14.8 Å². The smallest absolute Gasteiger partial charge is 0.405 e. The molecule has 12 nitrogen and oxygen atoms in total. The zero-order chi connectivity index (χ0) is 23.8. The van der Waals surface area contributed by atoms with E-state index in [-0.39, 0.29) is 5.54 Å². The highest BCUT2D eigenvalue weighted by molar-refractivity contribution is 5.71. The van der Waals surface area contributed by atoms with Crippen molar-refractivity contribution in [2.75, 3.05) is 49.6 Å². The van der Waals surface area contributed by atoms with Crippen LogP contribution in [0.25, 0.3) is 5.65 Å². The summed E-state index contributed by atoms with van der Waals surface area (Å²) in [4.78, 5) is 21.3. The van der Waals surface area contributed by atoms with Gasteiger partial charge in [0.15, 0.2) is 5.65 Å². The maximum atomic E-state index is 9.94. The second kappa shape index (κ2) is 11.2. The van der Waals surface area contributed by atoms with Gasteiger partial charge in [-0.1, -0.05) is 0 Å². The van der Waals surface area contributed by atoms with Crippen LogP contribution in [0.15, 0.2) is 30.9 Å². The maximum absolute atomic E-state index is 9.94. The number of imidazole rings is 1. The summed E-state index contributed by atoms with van der Waals surface area (Å²) < 4.78 is 6.90. The Morgan fingerprint density at radius 2 is 1.94 bits per heavy atom. The molecule has 3 aromatic heterocycles. The molecule has 184 valence electrons. The number of ether oxygens (including phenoxy) is 1. The van der Waals surface area contributed by atoms with Crippen LogP contribution in [0.2, 0.25) is 0 Å². The van der Waals surface area contributed by atoms with E-state index < -0.39 is 6.09 Å². The average Bonchev–Trinajstić information content (AvgIpc) is 3.40. The number of nitrogens with zero attached hydrogens (tertiary/aromatic N) is 5. The van der Waals surface area contributed by atoms with Crippen molar-refractivity contribution in [1.82, 2.24) is 35.2 Å². The number of hydrogen-bond acceptors (Lipinski definition) is 8. The van der Waals surface area contributed by atoms with Gasteiger partial charge in [0.05, 0.1) is 18.1 Å². The molecule has 34 heavy (non-hydrogen) atoms. The molecule has 5 heterocycles. The van der Waals surface area contributed by atoms with Crippen molar-refractivity contribution in [2.45, 2.75) is 38.1 Å². The van der Waals surface area contributed by atoms with Crippen LogP contribution in [0.4, 0.5) is 22.2 Å². The second-order valence-electron chi connectivity index (χ2n) is 8.73. The number of carbonyl (C=O) groups is 1. The quantitative estimate of drug-likeness (QED) is 0.387. The van der Waals surface area contributed by atoms with E-state index in [0.717, 1.165) is 69.4 Å². The van der Waals surface area contributed by atoms with E-state index in [0.29, 0.717) is 5.95 Å². The number of nitrogens with one attached hydrogen (secondary N) is 4. The van der Waals surface area contributed by atoms with E-state index in [9.17, 15) is 4.79 Å². The van der Waals surface area contributed by atoms with Crippen molar-refractivity contribution in [1.29, 1.82) is 0 Å². The molecular formula is C22H33N9O3. The third kappa shape index (κ3) is 6.58. The largest absolute Gasteiger partial charge is 0.465 e. The summed E-state index contributed by atoms with van der Waals surface area (Å²) in [5.74, 6) is 1.51. The topological polar surface area (TPSA) is 145 Å². The second-order valence-corrected chi connectivity index (χ2v) is 8.73. The molecule has 2 aliphatic heterocycles. The van der Waals surface area contributed by atoms with Gasteiger partial charge in [-0.05, 0) is 32.6 Å². The highest BCUT2D eigenvalue weighted by Crippen LogP contribution is 2.33. The Balaban J connectivity index is 0.000000172. The van der Waals surface area contributed by atoms with Crippen molar-refractivity contribution in [3.63, 3.8) is 0 Å². The predicted molar refractivity (Wildman–Crippen MR) is 129 cm³/mol. The Bertz CT molecular complexity index is 1030. The Morgan fingerprint density at radius 1 is 1.18 bits per heavy atom. The maximum Gasteiger partial charge on any atom is 0.405 e. The summed E-state index contributed by atoms with van der Waals surface area (Å²) >= 11 is 0. The Hall–Kier alpha value is -3.38. The van der Waals surface area contributed by atoms with Crippen LogP contribution in [-0.2, 0) is 4.74 Å². The molecule has 0 unspecified atom stereocenters. The fourth-order valence-electron chi connectivity index (χ4n) is 3.65. The molecule has 1 amide bonds. The molecule has 0 atom stereocenters. The predicted octanol–water partition coefficient (Wildman–Crippen LogP) is 2.21. The van der Waals surface area contributed by atoms with Gasteiger partial charge in [0.1, 0.15) is 5.82 Å².